The van der Waals surface area contributed by atoms with E-state index in [1.165, 1.54) is 5.56 Å². The first-order valence-electron chi connectivity index (χ1n) is 7.01. The summed E-state index contributed by atoms with van der Waals surface area (Å²) in [6.45, 7) is 0. The third kappa shape index (κ3) is 2.11. The van der Waals surface area contributed by atoms with E-state index in [0.717, 1.165) is 28.0 Å². The van der Waals surface area contributed by atoms with E-state index in [1.807, 2.05) is 24.3 Å². The predicted molar refractivity (Wildman–Crippen MR) is 87.0 cm³/mol. The molecular weight excluding hydrogens is 256 g/mol. The average Bonchev–Trinajstić information content (AvgIpc) is 3.00. The van der Waals surface area contributed by atoms with Crippen LogP contribution in [0.3, 0.4) is 0 Å². The fourth-order valence-electron chi connectivity index (χ4n) is 2.62. The molecule has 2 heteroatoms. The van der Waals surface area contributed by atoms with Gasteiger partial charge in [-0.25, -0.2) is 4.98 Å². The zero-order chi connectivity index (χ0) is 14.1. The first-order chi connectivity index (χ1) is 10.4. The lowest BCUT2D eigenvalue weighted by molar-refractivity contribution is 1.34. The fourth-order valence-corrected chi connectivity index (χ4v) is 2.62. The smallest absolute Gasteiger partial charge is 0.138 e. The molecule has 0 amide bonds. The molecule has 0 saturated heterocycles. The van der Waals surface area contributed by atoms with Crippen LogP contribution in [0.2, 0.25) is 0 Å². The number of rotatable bonds is 2. The molecule has 0 atom stereocenters. The van der Waals surface area contributed by atoms with Crippen LogP contribution in [0, 0.1) is 0 Å². The monoisotopic (exact) mass is 270 g/mol. The molecule has 0 radical (unpaired) electrons. The number of aromatic amines is 1. The normalized spacial score (nSPS) is 10.9. The molecule has 0 unspecified atom stereocenters. The largest absolute Gasteiger partial charge is 0.338 e. The summed E-state index contributed by atoms with van der Waals surface area (Å²) in [5.41, 5.74) is 5.53. The maximum atomic E-state index is 4.80. The Hall–Kier alpha value is -2.87. The van der Waals surface area contributed by atoms with Crippen molar-refractivity contribution in [2.45, 2.75) is 0 Å². The number of hydrogen-bond donors (Lipinski definition) is 1. The Labute approximate surface area is 123 Å². The SMILES string of the molecule is c1ccc(-c2nc3c(-c4ccccc4)cccc3[nH]2)cc1. The molecule has 4 rings (SSSR count). The number of imidazole rings is 1. The first kappa shape index (κ1) is 11.9. The molecule has 0 aliphatic rings. The lowest BCUT2D eigenvalue weighted by Gasteiger charge is -2.01. The van der Waals surface area contributed by atoms with Crippen molar-refractivity contribution < 1.29 is 0 Å². The minimum absolute atomic E-state index is 0.911. The Kier molecular flexibility index (Phi) is 2.79. The van der Waals surface area contributed by atoms with Crippen molar-refractivity contribution in [1.29, 1.82) is 0 Å². The second-order valence-corrected chi connectivity index (χ2v) is 5.02. The summed E-state index contributed by atoms with van der Waals surface area (Å²) in [6.07, 6.45) is 0. The molecule has 0 fully saturated rings. The molecule has 21 heavy (non-hydrogen) atoms. The van der Waals surface area contributed by atoms with Crippen molar-refractivity contribution in [3.63, 3.8) is 0 Å². The third-order valence-electron chi connectivity index (χ3n) is 3.64. The summed E-state index contributed by atoms with van der Waals surface area (Å²) in [6, 6.07) is 26.8. The van der Waals surface area contributed by atoms with Crippen LogP contribution >= 0.6 is 0 Å². The van der Waals surface area contributed by atoms with Crippen LogP contribution in [0.5, 0.6) is 0 Å². The van der Waals surface area contributed by atoms with Gasteiger partial charge in [-0.15, -0.1) is 0 Å². The summed E-state index contributed by atoms with van der Waals surface area (Å²) in [4.78, 5) is 8.21. The van der Waals surface area contributed by atoms with Crippen LogP contribution in [0.25, 0.3) is 33.5 Å². The molecule has 1 N–H and O–H groups in total. The van der Waals surface area contributed by atoms with Crippen molar-refractivity contribution in [3.8, 4) is 22.5 Å². The minimum atomic E-state index is 0.911. The molecule has 0 aliphatic heterocycles. The van der Waals surface area contributed by atoms with Crippen molar-refractivity contribution >= 4 is 11.0 Å². The molecule has 0 bridgehead atoms. The van der Waals surface area contributed by atoms with Gasteiger partial charge < -0.3 is 4.98 Å². The van der Waals surface area contributed by atoms with Gasteiger partial charge in [-0.1, -0.05) is 72.8 Å². The van der Waals surface area contributed by atoms with Crippen molar-refractivity contribution in [1.82, 2.24) is 9.97 Å². The van der Waals surface area contributed by atoms with Gasteiger partial charge in [0, 0.05) is 11.1 Å². The number of benzene rings is 3. The Morgan fingerprint density at radius 3 is 2.00 bits per heavy atom. The summed E-state index contributed by atoms with van der Waals surface area (Å²) in [5.74, 6) is 0.911. The summed E-state index contributed by atoms with van der Waals surface area (Å²) < 4.78 is 0. The van der Waals surface area contributed by atoms with Crippen LogP contribution in [0.1, 0.15) is 0 Å². The van der Waals surface area contributed by atoms with E-state index in [0.29, 0.717) is 0 Å². The standard InChI is InChI=1S/C19H14N2/c1-3-8-14(9-4-1)16-12-7-13-17-18(16)21-19(20-17)15-10-5-2-6-11-15/h1-13H,(H,20,21). The minimum Gasteiger partial charge on any atom is -0.338 e. The highest BCUT2D eigenvalue weighted by atomic mass is 14.9. The zero-order valence-electron chi connectivity index (χ0n) is 11.5. The summed E-state index contributed by atoms with van der Waals surface area (Å²) in [5, 5.41) is 0. The van der Waals surface area contributed by atoms with Crippen LogP contribution in [0.15, 0.2) is 78.9 Å². The van der Waals surface area contributed by atoms with Crippen LogP contribution < -0.4 is 0 Å². The first-order valence-corrected chi connectivity index (χ1v) is 7.01. The van der Waals surface area contributed by atoms with Crippen molar-refractivity contribution in [2.24, 2.45) is 0 Å². The highest BCUT2D eigenvalue weighted by molar-refractivity contribution is 5.93. The fraction of sp³-hybridized carbons (Fsp3) is 0. The van der Waals surface area contributed by atoms with Gasteiger partial charge in [0.05, 0.1) is 11.0 Å². The Morgan fingerprint density at radius 1 is 0.619 bits per heavy atom. The lowest BCUT2D eigenvalue weighted by Crippen LogP contribution is -1.80. The number of fused-ring (bicyclic) bond motifs is 1. The van der Waals surface area contributed by atoms with Crippen LogP contribution in [-0.4, -0.2) is 9.97 Å². The molecule has 0 spiro atoms. The van der Waals surface area contributed by atoms with E-state index in [1.54, 1.807) is 0 Å². The van der Waals surface area contributed by atoms with Gasteiger partial charge in [0.2, 0.25) is 0 Å². The van der Waals surface area contributed by atoms with E-state index in [9.17, 15) is 0 Å². The Bertz CT molecular complexity index is 877. The van der Waals surface area contributed by atoms with Crippen LogP contribution in [-0.2, 0) is 0 Å². The average molecular weight is 270 g/mol. The van der Waals surface area contributed by atoms with Gasteiger partial charge in [-0.05, 0) is 11.6 Å². The summed E-state index contributed by atoms with van der Waals surface area (Å²) >= 11 is 0. The van der Waals surface area contributed by atoms with Gasteiger partial charge in [-0.3, -0.25) is 0 Å². The van der Waals surface area contributed by atoms with E-state index in [4.69, 9.17) is 4.98 Å². The van der Waals surface area contributed by atoms with Crippen LogP contribution in [0.4, 0.5) is 0 Å². The van der Waals surface area contributed by atoms with Crippen molar-refractivity contribution in [3.05, 3.63) is 78.9 Å². The second kappa shape index (κ2) is 4.91. The molecule has 100 valence electrons. The van der Waals surface area contributed by atoms with Gasteiger partial charge in [0.15, 0.2) is 0 Å². The van der Waals surface area contributed by atoms with E-state index in [-0.39, 0.29) is 0 Å². The van der Waals surface area contributed by atoms with Gasteiger partial charge in [-0.2, -0.15) is 0 Å². The molecule has 0 aliphatic carbocycles. The van der Waals surface area contributed by atoms with Crippen molar-refractivity contribution in [2.75, 3.05) is 0 Å². The number of H-pyrrole nitrogens is 1. The molecule has 2 nitrogen and oxygen atoms in total. The Morgan fingerprint density at radius 2 is 1.29 bits per heavy atom. The van der Waals surface area contributed by atoms with E-state index >= 15 is 0 Å². The molecule has 1 aromatic heterocycles. The van der Waals surface area contributed by atoms with Gasteiger partial charge >= 0.3 is 0 Å². The highest BCUT2D eigenvalue weighted by Gasteiger charge is 2.09. The molecule has 3 aromatic carbocycles. The number of para-hydroxylation sites is 1. The quantitative estimate of drug-likeness (QED) is 0.551. The van der Waals surface area contributed by atoms with Gasteiger partial charge in [0.1, 0.15) is 5.82 Å². The summed E-state index contributed by atoms with van der Waals surface area (Å²) in [7, 11) is 0. The number of nitrogens with one attached hydrogen (secondary N) is 1. The molecular formula is C19H14N2. The lowest BCUT2D eigenvalue weighted by atomic mass is 10.0. The second-order valence-electron chi connectivity index (χ2n) is 5.02. The number of hydrogen-bond acceptors (Lipinski definition) is 1. The maximum Gasteiger partial charge on any atom is 0.138 e. The van der Waals surface area contributed by atoms with Gasteiger partial charge in [0.25, 0.3) is 0 Å². The maximum absolute atomic E-state index is 4.80. The zero-order valence-corrected chi connectivity index (χ0v) is 11.5. The van der Waals surface area contributed by atoms with E-state index in [2.05, 4.69) is 59.6 Å². The Balaban J connectivity index is 1.93. The third-order valence-corrected chi connectivity index (χ3v) is 3.64. The highest BCUT2D eigenvalue weighted by Crippen LogP contribution is 2.29. The molecule has 1 heterocycles. The van der Waals surface area contributed by atoms with E-state index < -0.39 is 0 Å². The predicted octanol–water partition coefficient (Wildman–Crippen LogP) is 4.90. The molecule has 0 saturated carbocycles. The number of aromatic nitrogens is 2. The molecule has 4 aromatic rings. The number of nitrogens with zero attached hydrogens (tertiary/aromatic N) is 1. The topological polar surface area (TPSA) is 28.7 Å².